The van der Waals surface area contributed by atoms with E-state index in [9.17, 15) is 8.42 Å². The van der Waals surface area contributed by atoms with E-state index in [-0.39, 0.29) is 36.0 Å². The normalized spacial score (nSPS) is 28.1. The van der Waals surface area contributed by atoms with E-state index in [1.165, 1.54) is 0 Å². The Morgan fingerprint density at radius 2 is 2.06 bits per heavy atom. The second-order valence-electron chi connectivity index (χ2n) is 5.57. The van der Waals surface area contributed by atoms with Crippen LogP contribution in [0, 0.1) is 5.41 Å². The Bertz CT molecular complexity index is 352. The molecule has 17 heavy (non-hydrogen) atoms. The molecule has 0 bridgehead atoms. The maximum Gasteiger partial charge on any atom is 0.214 e. The van der Waals surface area contributed by atoms with Crippen molar-refractivity contribution in [2.45, 2.75) is 52.3 Å². The van der Waals surface area contributed by atoms with Crippen LogP contribution in [0.5, 0.6) is 0 Å². The second kappa shape index (κ2) is 5.22. The van der Waals surface area contributed by atoms with Gasteiger partial charge in [-0.2, -0.15) is 0 Å². The lowest BCUT2D eigenvalue weighted by atomic mass is 9.64. The predicted octanol–water partition coefficient (Wildman–Crippen LogP) is 0.457. The van der Waals surface area contributed by atoms with Gasteiger partial charge in [-0.1, -0.05) is 13.8 Å². The monoisotopic (exact) mass is 264 g/mol. The molecule has 3 N–H and O–H groups in total. The summed E-state index contributed by atoms with van der Waals surface area (Å²) in [5.74, 6) is 0.00694. The summed E-state index contributed by atoms with van der Waals surface area (Å²) < 4.78 is 31.5. The highest BCUT2D eigenvalue weighted by Gasteiger charge is 2.47. The number of ether oxygens (including phenoxy) is 1. The Morgan fingerprint density at radius 3 is 2.47 bits per heavy atom. The van der Waals surface area contributed by atoms with Gasteiger partial charge in [0, 0.05) is 12.1 Å². The maximum absolute atomic E-state index is 11.8. The van der Waals surface area contributed by atoms with Gasteiger partial charge in [0.25, 0.3) is 0 Å². The van der Waals surface area contributed by atoms with Crippen LogP contribution >= 0.6 is 0 Å². The first-order chi connectivity index (χ1) is 7.65. The molecule has 0 spiro atoms. The van der Waals surface area contributed by atoms with Crippen LogP contribution in [0.1, 0.15) is 34.1 Å². The van der Waals surface area contributed by atoms with Gasteiger partial charge in [-0.05, 0) is 25.7 Å². The summed E-state index contributed by atoms with van der Waals surface area (Å²) in [6.45, 7) is 7.96. The lowest BCUT2D eigenvalue weighted by Gasteiger charge is -2.50. The van der Waals surface area contributed by atoms with Crippen molar-refractivity contribution in [3.63, 3.8) is 0 Å². The smallest absolute Gasteiger partial charge is 0.214 e. The fourth-order valence-corrected chi connectivity index (χ4v) is 3.10. The standard InChI is InChI=1S/C11H24N2O3S/c1-8(2)16-5-6-17(14,15)13-10-7-9(12)11(10,3)4/h8-10,13H,5-7,12H2,1-4H3. The fraction of sp³-hybridized carbons (Fsp3) is 1.00. The Hall–Kier alpha value is -0.170. The van der Waals surface area contributed by atoms with Crippen molar-refractivity contribution < 1.29 is 13.2 Å². The lowest BCUT2D eigenvalue weighted by molar-refractivity contribution is 0.0855. The molecule has 2 atom stereocenters. The molecule has 6 heteroatoms. The molecular weight excluding hydrogens is 240 g/mol. The highest BCUT2D eigenvalue weighted by atomic mass is 32.2. The highest BCUT2D eigenvalue weighted by Crippen LogP contribution is 2.39. The molecule has 5 nitrogen and oxygen atoms in total. The third-order valence-corrected chi connectivity index (χ3v) is 4.82. The first-order valence-corrected chi connectivity index (χ1v) is 7.67. The molecule has 2 unspecified atom stereocenters. The average Bonchev–Trinajstić information content (AvgIpc) is 2.16. The van der Waals surface area contributed by atoms with Gasteiger partial charge in [0.1, 0.15) is 0 Å². The van der Waals surface area contributed by atoms with Crippen LogP contribution in [-0.2, 0) is 14.8 Å². The molecule has 1 rings (SSSR count). The number of nitrogens with one attached hydrogen (secondary N) is 1. The number of rotatable bonds is 6. The summed E-state index contributed by atoms with van der Waals surface area (Å²) in [7, 11) is -3.26. The summed E-state index contributed by atoms with van der Waals surface area (Å²) >= 11 is 0. The van der Waals surface area contributed by atoms with Crippen LogP contribution in [0.4, 0.5) is 0 Å². The SMILES string of the molecule is CC(C)OCCS(=O)(=O)NC1CC(N)C1(C)C. The summed E-state index contributed by atoms with van der Waals surface area (Å²) in [4.78, 5) is 0. The van der Waals surface area contributed by atoms with E-state index in [0.717, 1.165) is 0 Å². The zero-order chi connectivity index (χ0) is 13.3. The first-order valence-electron chi connectivity index (χ1n) is 6.02. The van der Waals surface area contributed by atoms with E-state index in [1.807, 2.05) is 27.7 Å². The molecule has 0 heterocycles. The van der Waals surface area contributed by atoms with Crippen molar-refractivity contribution in [3.05, 3.63) is 0 Å². The van der Waals surface area contributed by atoms with Gasteiger partial charge in [0.2, 0.25) is 10.0 Å². The molecule has 0 aromatic heterocycles. The van der Waals surface area contributed by atoms with E-state index in [4.69, 9.17) is 10.5 Å². The minimum absolute atomic E-state index is 0.00694. The molecule has 1 aliphatic rings. The van der Waals surface area contributed by atoms with Crippen molar-refractivity contribution in [3.8, 4) is 0 Å². The lowest BCUT2D eigenvalue weighted by Crippen LogP contribution is -2.64. The van der Waals surface area contributed by atoms with Crippen molar-refractivity contribution >= 4 is 10.0 Å². The maximum atomic E-state index is 11.8. The Balaban J connectivity index is 2.40. The molecule has 1 fully saturated rings. The zero-order valence-electron chi connectivity index (χ0n) is 11.1. The topological polar surface area (TPSA) is 81.4 Å². The minimum Gasteiger partial charge on any atom is -0.378 e. The molecule has 0 aromatic rings. The summed E-state index contributed by atoms with van der Waals surface area (Å²) in [5, 5.41) is 0. The number of nitrogens with two attached hydrogens (primary N) is 1. The fourth-order valence-electron chi connectivity index (χ4n) is 1.83. The average molecular weight is 264 g/mol. The largest absolute Gasteiger partial charge is 0.378 e. The van der Waals surface area contributed by atoms with Gasteiger partial charge in [-0.25, -0.2) is 13.1 Å². The van der Waals surface area contributed by atoms with Gasteiger partial charge < -0.3 is 10.5 Å². The molecule has 1 aliphatic carbocycles. The van der Waals surface area contributed by atoms with E-state index in [2.05, 4.69) is 4.72 Å². The van der Waals surface area contributed by atoms with Gasteiger partial charge in [-0.15, -0.1) is 0 Å². The number of hydrogen-bond donors (Lipinski definition) is 2. The third-order valence-electron chi connectivity index (χ3n) is 3.47. The Morgan fingerprint density at radius 1 is 1.47 bits per heavy atom. The van der Waals surface area contributed by atoms with E-state index < -0.39 is 10.0 Å². The number of hydrogen-bond acceptors (Lipinski definition) is 4. The van der Waals surface area contributed by atoms with Gasteiger partial charge >= 0.3 is 0 Å². The molecule has 0 aliphatic heterocycles. The summed E-state index contributed by atoms with van der Waals surface area (Å²) in [6.07, 6.45) is 0.760. The quantitative estimate of drug-likeness (QED) is 0.730. The van der Waals surface area contributed by atoms with Crippen LogP contribution in [0.3, 0.4) is 0 Å². The minimum atomic E-state index is -3.26. The van der Waals surface area contributed by atoms with Crippen LogP contribution in [0.15, 0.2) is 0 Å². The summed E-state index contributed by atoms with van der Waals surface area (Å²) in [6, 6.07) is 0.0173. The predicted molar refractivity (Wildman–Crippen MR) is 68.2 cm³/mol. The van der Waals surface area contributed by atoms with Crippen molar-refractivity contribution in [1.29, 1.82) is 0 Å². The van der Waals surface area contributed by atoms with Gasteiger partial charge in [0.05, 0.1) is 18.5 Å². The molecule has 0 saturated heterocycles. The molecule has 1 saturated carbocycles. The van der Waals surface area contributed by atoms with Crippen LogP contribution in [0.25, 0.3) is 0 Å². The van der Waals surface area contributed by atoms with Crippen LogP contribution in [0.2, 0.25) is 0 Å². The van der Waals surface area contributed by atoms with Crippen molar-refractivity contribution in [2.75, 3.05) is 12.4 Å². The van der Waals surface area contributed by atoms with E-state index >= 15 is 0 Å². The second-order valence-corrected chi connectivity index (χ2v) is 7.45. The molecule has 0 amide bonds. The molecule has 0 aromatic carbocycles. The molecular formula is C11H24N2O3S. The Labute approximate surface area is 104 Å². The van der Waals surface area contributed by atoms with Gasteiger partial charge in [0.15, 0.2) is 0 Å². The van der Waals surface area contributed by atoms with E-state index in [0.29, 0.717) is 6.42 Å². The molecule has 102 valence electrons. The molecule has 0 radical (unpaired) electrons. The van der Waals surface area contributed by atoms with Crippen molar-refractivity contribution in [2.24, 2.45) is 11.1 Å². The van der Waals surface area contributed by atoms with Gasteiger partial charge in [-0.3, -0.25) is 0 Å². The first kappa shape index (κ1) is 14.9. The Kier molecular flexibility index (Phi) is 4.57. The number of sulfonamides is 1. The third kappa shape index (κ3) is 3.91. The van der Waals surface area contributed by atoms with Crippen LogP contribution in [-0.4, -0.2) is 39.0 Å². The van der Waals surface area contributed by atoms with Crippen LogP contribution < -0.4 is 10.5 Å². The summed E-state index contributed by atoms with van der Waals surface area (Å²) in [5.41, 5.74) is 5.69. The highest BCUT2D eigenvalue weighted by molar-refractivity contribution is 7.89. The van der Waals surface area contributed by atoms with E-state index in [1.54, 1.807) is 0 Å². The zero-order valence-corrected chi connectivity index (χ0v) is 11.9. The van der Waals surface area contributed by atoms with Crippen molar-refractivity contribution in [1.82, 2.24) is 4.72 Å².